The number of hydrogen-bond acceptors (Lipinski definition) is 2. The zero-order valence-corrected chi connectivity index (χ0v) is 23.3. The van der Waals surface area contributed by atoms with Crippen LogP contribution in [0.3, 0.4) is 0 Å². The maximum Gasteiger partial charge on any atom is 0.184 e. The van der Waals surface area contributed by atoms with E-state index in [2.05, 4.69) is 79.1 Å². The van der Waals surface area contributed by atoms with Gasteiger partial charge in [0.1, 0.15) is 0 Å². The van der Waals surface area contributed by atoms with Gasteiger partial charge in [0.05, 0.1) is 12.2 Å². The van der Waals surface area contributed by atoms with Crippen molar-refractivity contribution in [2.24, 2.45) is 5.41 Å². The summed E-state index contributed by atoms with van der Waals surface area (Å²) < 4.78 is 12.8. The summed E-state index contributed by atoms with van der Waals surface area (Å²) in [4.78, 5) is 0. The first-order valence-electron chi connectivity index (χ1n) is 10.6. The Kier molecular flexibility index (Phi) is 7.63. The molecule has 0 N–H and O–H groups in total. The fraction of sp³-hybridized carbons (Fsp3) is 0.652. The van der Waals surface area contributed by atoms with Crippen molar-refractivity contribution in [3.63, 3.8) is 0 Å². The van der Waals surface area contributed by atoms with Crippen LogP contribution in [-0.2, 0) is 8.85 Å². The lowest BCUT2D eigenvalue weighted by molar-refractivity contribution is 0.244. The van der Waals surface area contributed by atoms with E-state index in [1.807, 2.05) is 0 Å². The Balaban J connectivity index is 2.42. The molecule has 2 unspecified atom stereocenters. The zero-order valence-electron chi connectivity index (χ0n) is 19.8. The van der Waals surface area contributed by atoms with E-state index in [1.54, 1.807) is 0 Å². The molecular formula is C23H38Cl2O2Si2. The number of hydrogen-bond donors (Lipinski definition) is 0. The fourth-order valence-corrected chi connectivity index (χ4v) is 7.79. The highest BCUT2D eigenvalue weighted by atomic mass is 35.5. The molecule has 2 atom stereocenters. The third-order valence-corrected chi connectivity index (χ3v) is 8.12. The maximum atomic E-state index is 6.81. The molecule has 2 aliphatic rings. The van der Waals surface area contributed by atoms with Crippen molar-refractivity contribution < 1.29 is 8.85 Å². The highest BCUT2D eigenvalue weighted by Gasteiger charge is 2.42. The average Bonchev–Trinajstić information content (AvgIpc) is 3.07. The van der Waals surface area contributed by atoms with Gasteiger partial charge in [-0.15, -0.1) is 0 Å². The van der Waals surface area contributed by atoms with E-state index < -0.39 is 16.6 Å². The van der Waals surface area contributed by atoms with Crippen molar-refractivity contribution in [2.75, 3.05) is 0 Å². The van der Waals surface area contributed by atoms with Crippen LogP contribution in [0, 0.1) is 5.41 Å². The van der Waals surface area contributed by atoms with E-state index in [0.29, 0.717) is 0 Å². The van der Waals surface area contributed by atoms with Gasteiger partial charge < -0.3 is 8.85 Å². The van der Waals surface area contributed by atoms with Gasteiger partial charge in [-0.05, 0) is 75.4 Å². The summed E-state index contributed by atoms with van der Waals surface area (Å²) in [6, 6.07) is 0. The summed E-state index contributed by atoms with van der Waals surface area (Å²) in [5.74, 6) is 0. The van der Waals surface area contributed by atoms with E-state index in [4.69, 9.17) is 32.1 Å². The molecule has 0 saturated heterocycles. The standard InChI is InChI=1S/C23H38Cl2O2Si2/c1-15(26-28(5,6)7)17-11-13-19(24)21(17)23(3,4)22-18(12-14-20(22)25)16(2)27-29(8,9)10/h11-12,15-16H,13-14H2,1-10H3. The second-order valence-electron chi connectivity index (χ2n) is 10.7. The van der Waals surface area contributed by atoms with Crippen molar-refractivity contribution in [2.45, 2.75) is 92.0 Å². The minimum Gasteiger partial charge on any atom is -0.411 e. The molecular weight excluding hydrogens is 435 g/mol. The van der Waals surface area contributed by atoms with Gasteiger partial charge >= 0.3 is 0 Å². The Morgan fingerprint density at radius 3 is 1.34 bits per heavy atom. The van der Waals surface area contributed by atoms with Crippen LogP contribution in [0.4, 0.5) is 0 Å². The van der Waals surface area contributed by atoms with E-state index in [0.717, 1.165) is 22.9 Å². The van der Waals surface area contributed by atoms with Crippen molar-refractivity contribution in [3.8, 4) is 0 Å². The molecule has 0 aromatic carbocycles. The van der Waals surface area contributed by atoms with Gasteiger partial charge in [-0.3, -0.25) is 0 Å². The Hall–Kier alpha value is -0.106. The molecule has 2 aliphatic carbocycles. The van der Waals surface area contributed by atoms with Crippen molar-refractivity contribution >= 4 is 39.8 Å². The van der Waals surface area contributed by atoms with Crippen LogP contribution in [-0.4, -0.2) is 28.8 Å². The highest BCUT2D eigenvalue weighted by molar-refractivity contribution is 6.70. The topological polar surface area (TPSA) is 18.5 Å². The molecule has 0 aromatic rings. The van der Waals surface area contributed by atoms with Gasteiger partial charge in [0.15, 0.2) is 16.6 Å². The van der Waals surface area contributed by atoms with E-state index in [1.165, 1.54) is 22.3 Å². The Bertz CT molecular complexity index is 714. The molecule has 0 amide bonds. The summed E-state index contributed by atoms with van der Waals surface area (Å²) in [5.41, 5.74) is 4.46. The van der Waals surface area contributed by atoms with Gasteiger partial charge in [-0.1, -0.05) is 49.2 Å². The van der Waals surface area contributed by atoms with Crippen LogP contribution in [0.1, 0.15) is 40.5 Å². The molecule has 29 heavy (non-hydrogen) atoms. The largest absolute Gasteiger partial charge is 0.411 e. The molecule has 164 valence electrons. The molecule has 2 rings (SSSR count). The zero-order chi connectivity index (χ0) is 22.4. The van der Waals surface area contributed by atoms with Crippen LogP contribution in [0.25, 0.3) is 0 Å². The van der Waals surface area contributed by atoms with E-state index in [-0.39, 0.29) is 17.6 Å². The second-order valence-corrected chi connectivity index (χ2v) is 20.5. The number of rotatable bonds is 8. The van der Waals surface area contributed by atoms with Crippen LogP contribution in [0.5, 0.6) is 0 Å². The Morgan fingerprint density at radius 1 is 0.759 bits per heavy atom. The van der Waals surface area contributed by atoms with Gasteiger partial charge in [0.25, 0.3) is 0 Å². The summed E-state index contributed by atoms with van der Waals surface area (Å²) in [5, 5.41) is 1.80. The molecule has 0 spiro atoms. The summed E-state index contributed by atoms with van der Waals surface area (Å²) in [6.45, 7) is 22.1. The monoisotopic (exact) mass is 472 g/mol. The van der Waals surface area contributed by atoms with Crippen LogP contribution < -0.4 is 0 Å². The second kappa shape index (κ2) is 8.80. The molecule has 6 heteroatoms. The molecule has 0 aliphatic heterocycles. The lowest BCUT2D eigenvalue weighted by Crippen LogP contribution is -2.35. The van der Waals surface area contributed by atoms with Gasteiger partial charge in [0.2, 0.25) is 0 Å². The third kappa shape index (κ3) is 5.99. The molecule has 0 heterocycles. The average molecular weight is 474 g/mol. The molecule has 0 aromatic heterocycles. The molecule has 0 saturated carbocycles. The minimum atomic E-state index is -1.67. The SMILES string of the molecule is CC(O[Si](C)(C)C)C1=CCC(Cl)=C1C(C)(C)C1=C(Cl)CC=C1C(C)O[Si](C)(C)C. The smallest absolute Gasteiger partial charge is 0.184 e. The molecule has 0 radical (unpaired) electrons. The van der Waals surface area contributed by atoms with Crippen molar-refractivity contribution in [1.82, 2.24) is 0 Å². The van der Waals surface area contributed by atoms with Gasteiger partial charge in [0, 0.05) is 28.3 Å². The quantitative estimate of drug-likeness (QED) is 0.331. The Morgan fingerprint density at radius 2 is 1.07 bits per heavy atom. The lowest BCUT2D eigenvalue weighted by atomic mass is 9.71. The van der Waals surface area contributed by atoms with E-state index in [9.17, 15) is 0 Å². The van der Waals surface area contributed by atoms with E-state index >= 15 is 0 Å². The molecule has 0 bridgehead atoms. The fourth-order valence-electron chi connectivity index (χ4n) is 4.57. The number of halogens is 2. The normalized spacial score (nSPS) is 21.0. The minimum absolute atomic E-state index is 0.0241. The first kappa shape index (κ1) is 25.2. The first-order valence-corrected chi connectivity index (χ1v) is 18.2. The predicted octanol–water partition coefficient (Wildman–Crippen LogP) is 8.14. The maximum absolute atomic E-state index is 6.81. The van der Waals surface area contributed by atoms with Crippen LogP contribution in [0.15, 0.2) is 44.5 Å². The van der Waals surface area contributed by atoms with Crippen LogP contribution in [0.2, 0.25) is 39.3 Å². The van der Waals surface area contributed by atoms with Crippen molar-refractivity contribution in [1.29, 1.82) is 0 Å². The predicted molar refractivity (Wildman–Crippen MR) is 133 cm³/mol. The van der Waals surface area contributed by atoms with Gasteiger partial charge in [-0.2, -0.15) is 0 Å². The Labute approximate surface area is 190 Å². The summed E-state index contributed by atoms with van der Waals surface area (Å²) in [7, 11) is -3.35. The lowest BCUT2D eigenvalue weighted by Gasteiger charge is -2.37. The highest BCUT2D eigenvalue weighted by Crippen LogP contribution is 2.53. The third-order valence-electron chi connectivity index (χ3n) is 5.31. The van der Waals surface area contributed by atoms with Crippen molar-refractivity contribution in [3.05, 3.63) is 44.5 Å². The van der Waals surface area contributed by atoms with Crippen LogP contribution >= 0.6 is 23.2 Å². The van der Waals surface area contributed by atoms with Gasteiger partial charge in [-0.25, -0.2) is 0 Å². The first-order chi connectivity index (χ1) is 13.0. The molecule has 0 fully saturated rings. The summed E-state index contributed by atoms with van der Waals surface area (Å²) in [6.07, 6.45) is 6.05. The molecule has 2 nitrogen and oxygen atoms in total. The number of allylic oxidation sites excluding steroid dienone is 4. The summed E-state index contributed by atoms with van der Waals surface area (Å²) >= 11 is 13.6.